The number of rotatable bonds is 8. The second-order valence-electron chi connectivity index (χ2n) is 8.06. The van der Waals surface area contributed by atoms with E-state index in [9.17, 15) is 9.36 Å². The van der Waals surface area contributed by atoms with Gasteiger partial charge in [-0.25, -0.2) is 8.87 Å². The Kier molecular flexibility index (Phi) is 6.93. The minimum atomic E-state index is -3.27. The molecule has 3 aromatic rings. The van der Waals surface area contributed by atoms with Crippen molar-refractivity contribution in [2.24, 2.45) is 0 Å². The molecule has 1 aliphatic heterocycles. The second-order valence-corrected chi connectivity index (χ2v) is 12.3. The summed E-state index contributed by atoms with van der Waals surface area (Å²) in [6.07, 6.45) is 0.126. The zero-order valence-corrected chi connectivity index (χ0v) is 21.0. The van der Waals surface area contributed by atoms with Crippen LogP contribution in [-0.2, 0) is 11.0 Å². The van der Waals surface area contributed by atoms with Gasteiger partial charge in [0, 0.05) is 18.6 Å². The molecule has 0 spiro atoms. The molecule has 0 aliphatic carbocycles. The van der Waals surface area contributed by atoms with Gasteiger partial charge in [0.1, 0.15) is 5.60 Å². The van der Waals surface area contributed by atoms with Crippen molar-refractivity contribution < 1.29 is 23.4 Å². The lowest BCUT2D eigenvalue weighted by Gasteiger charge is -2.28. The largest absolute Gasteiger partial charge is 0.483 e. The molecule has 2 heterocycles. The smallest absolute Gasteiger partial charge is 0.413 e. The fourth-order valence-electron chi connectivity index (χ4n) is 3.42. The molecule has 0 bridgehead atoms. The van der Waals surface area contributed by atoms with Gasteiger partial charge in [-0.1, -0.05) is 30.3 Å². The number of carbonyl (C=O) groups excluding carboxylic acids is 1. The number of para-hydroxylation sites is 2. The fraction of sp³-hybridized carbons (Fsp3) is 0.261. The Bertz CT molecular complexity index is 1150. The maximum atomic E-state index is 13.5. The van der Waals surface area contributed by atoms with E-state index in [4.69, 9.17) is 14.0 Å². The highest BCUT2D eigenvalue weighted by molar-refractivity contribution is 8.06. The van der Waals surface area contributed by atoms with Crippen molar-refractivity contribution in [3.63, 3.8) is 0 Å². The van der Waals surface area contributed by atoms with E-state index in [2.05, 4.69) is 5.32 Å². The highest BCUT2D eigenvalue weighted by Crippen LogP contribution is 2.54. The van der Waals surface area contributed by atoms with E-state index in [1.165, 1.54) is 23.3 Å². The summed E-state index contributed by atoms with van der Waals surface area (Å²) in [7, 11) is -3.27. The molecule has 2 aromatic carbocycles. The summed E-state index contributed by atoms with van der Waals surface area (Å²) >= 11 is 2.54. The predicted molar refractivity (Wildman–Crippen MR) is 134 cm³/mol. The van der Waals surface area contributed by atoms with Crippen molar-refractivity contribution in [2.75, 3.05) is 16.6 Å². The van der Waals surface area contributed by atoms with Gasteiger partial charge in [0.2, 0.25) is 0 Å². The second kappa shape index (κ2) is 9.71. The third-order valence-corrected chi connectivity index (χ3v) is 8.98. The number of ether oxygens (including phenoxy) is 2. The number of nitrogens with zero attached hydrogens (tertiary/aromatic N) is 1. The fourth-order valence-corrected chi connectivity index (χ4v) is 7.16. The van der Waals surface area contributed by atoms with Crippen LogP contribution in [0.2, 0.25) is 0 Å². The van der Waals surface area contributed by atoms with Gasteiger partial charge in [0.05, 0.1) is 11.6 Å². The van der Waals surface area contributed by atoms with Crippen molar-refractivity contribution in [1.82, 2.24) is 5.32 Å². The van der Waals surface area contributed by atoms with Gasteiger partial charge >= 0.3 is 13.6 Å². The first-order chi connectivity index (χ1) is 15.7. The quantitative estimate of drug-likeness (QED) is 0.211. The molecule has 0 saturated carbocycles. The summed E-state index contributed by atoms with van der Waals surface area (Å²) in [4.78, 5) is 12.5. The van der Waals surface area contributed by atoms with Crippen LogP contribution in [0, 0.1) is 0 Å². The van der Waals surface area contributed by atoms with E-state index in [0.29, 0.717) is 22.2 Å². The van der Waals surface area contributed by atoms with Crippen LogP contribution in [-0.4, -0.2) is 24.2 Å². The van der Waals surface area contributed by atoms with E-state index in [1.54, 1.807) is 22.9 Å². The molecule has 1 N–H and O–H groups in total. The summed E-state index contributed by atoms with van der Waals surface area (Å²) in [5.74, 6) is 1.10. The summed E-state index contributed by atoms with van der Waals surface area (Å²) in [5.41, 5.74) is 1.37. The third-order valence-electron chi connectivity index (χ3n) is 4.72. The molecule has 33 heavy (non-hydrogen) atoms. The number of benzene rings is 2. The molecule has 10 heteroatoms. The van der Waals surface area contributed by atoms with Crippen LogP contribution < -0.4 is 23.4 Å². The monoisotopic (exact) mass is 504 g/mol. The maximum Gasteiger partial charge on any atom is 0.413 e. The SMILES string of the molecule is CC1(C)Cc2cccc(OC(=O)NCSN(c3ccccc3)P(C)(=O)Oc3cccs3)c2O1. The first kappa shape index (κ1) is 23.5. The molecule has 1 amide bonds. The zero-order chi connectivity index (χ0) is 23.5. The third kappa shape index (κ3) is 5.85. The number of carbonyl (C=O) groups is 1. The van der Waals surface area contributed by atoms with Crippen molar-refractivity contribution in [3.05, 3.63) is 71.6 Å². The van der Waals surface area contributed by atoms with Gasteiger partial charge in [0.15, 0.2) is 16.6 Å². The number of nitrogens with one attached hydrogen (secondary N) is 1. The van der Waals surface area contributed by atoms with Gasteiger partial charge in [0.25, 0.3) is 0 Å². The first-order valence-electron chi connectivity index (χ1n) is 10.3. The van der Waals surface area contributed by atoms with Crippen molar-refractivity contribution >= 4 is 42.6 Å². The van der Waals surface area contributed by atoms with E-state index >= 15 is 0 Å². The Morgan fingerprint density at radius 3 is 2.70 bits per heavy atom. The highest BCUT2D eigenvalue weighted by Gasteiger charge is 2.33. The lowest BCUT2D eigenvalue weighted by atomic mass is 10.0. The van der Waals surface area contributed by atoms with Gasteiger partial charge in [-0.2, -0.15) is 0 Å². The van der Waals surface area contributed by atoms with Crippen LogP contribution in [0.3, 0.4) is 0 Å². The summed E-state index contributed by atoms with van der Waals surface area (Å²) in [6.45, 7) is 5.54. The van der Waals surface area contributed by atoms with Gasteiger partial charge in [-0.15, -0.1) is 11.3 Å². The number of fused-ring (bicyclic) bond motifs is 1. The average molecular weight is 505 g/mol. The van der Waals surface area contributed by atoms with Gasteiger partial charge < -0.3 is 19.3 Å². The Labute approximate surface area is 201 Å². The van der Waals surface area contributed by atoms with Crippen molar-refractivity contribution in [2.45, 2.75) is 25.9 Å². The normalized spacial score (nSPS) is 15.6. The van der Waals surface area contributed by atoms with E-state index < -0.39 is 13.6 Å². The predicted octanol–water partition coefficient (Wildman–Crippen LogP) is 6.56. The summed E-state index contributed by atoms with van der Waals surface area (Å²) in [5, 5.41) is 5.13. The first-order valence-corrected chi connectivity index (χ1v) is 14.1. The number of amides is 1. The zero-order valence-electron chi connectivity index (χ0n) is 18.5. The van der Waals surface area contributed by atoms with Crippen LogP contribution in [0.4, 0.5) is 10.5 Å². The maximum absolute atomic E-state index is 13.5. The van der Waals surface area contributed by atoms with Crippen LogP contribution in [0.25, 0.3) is 0 Å². The van der Waals surface area contributed by atoms with Crippen LogP contribution in [0.5, 0.6) is 16.6 Å². The Balaban J connectivity index is 1.40. The standard InChI is InChI=1S/C23H25N2O5PS2/c1-23(2)15-17-9-7-12-19(21(17)29-23)28-22(26)24-16-33-25(18-10-5-4-6-11-18)31(3,27)30-20-13-8-14-32-20/h4-14H,15-16H2,1-3H3,(H,24,26). The number of hydrogen-bond donors (Lipinski definition) is 1. The van der Waals surface area contributed by atoms with Gasteiger partial charge in [-0.05, 0) is 61.5 Å². The Hall–Kier alpha value is -2.61. The van der Waals surface area contributed by atoms with E-state index in [1.807, 2.05) is 67.8 Å². The molecule has 0 saturated heterocycles. The number of thiophene rings is 1. The lowest BCUT2D eigenvalue weighted by molar-refractivity contribution is 0.133. The Morgan fingerprint density at radius 1 is 1.18 bits per heavy atom. The average Bonchev–Trinajstić information content (AvgIpc) is 3.37. The van der Waals surface area contributed by atoms with Crippen LogP contribution in [0.1, 0.15) is 19.4 Å². The molecule has 1 aromatic heterocycles. The molecule has 4 rings (SSSR count). The van der Waals surface area contributed by atoms with Crippen molar-refractivity contribution in [1.29, 1.82) is 0 Å². The van der Waals surface area contributed by atoms with Crippen LogP contribution >= 0.6 is 30.8 Å². The molecule has 1 unspecified atom stereocenters. The summed E-state index contributed by atoms with van der Waals surface area (Å²) in [6, 6.07) is 18.4. The molecular weight excluding hydrogens is 479 g/mol. The molecule has 0 fully saturated rings. The highest BCUT2D eigenvalue weighted by atomic mass is 32.2. The van der Waals surface area contributed by atoms with E-state index in [0.717, 1.165) is 12.0 Å². The van der Waals surface area contributed by atoms with E-state index in [-0.39, 0.29) is 11.5 Å². The minimum absolute atomic E-state index is 0.126. The lowest BCUT2D eigenvalue weighted by Crippen LogP contribution is -2.29. The molecular formula is C23H25N2O5PS2. The topological polar surface area (TPSA) is 77.1 Å². The van der Waals surface area contributed by atoms with Gasteiger partial charge in [-0.3, -0.25) is 4.57 Å². The van der Waals surface area contributed by atoms with Crippen molar-refractivity contribution in [3.8, 4) is 16.6 Å². The Morgan fingerprint density at radius 2 is 1.97 bits per heavy atom. The number of hydrogen-bond acceptors (Lipinski definition) is 7. The molecule has 1 aliphatic rings. The molecule has 174 valence electrons. The number of anilines is 1. The molecule has 0 radical (unpaired) electrons. The molecule has 1 atom stereocenters. The van der Waals surface area contributed by atoms with Crippen LogP contribution in [0.15, 0.2) is 66.0 Å². The molecule has 7 nitrogen and oxygen atoms in total. The summed E-state index contributed by atoms with van der Waals surface area (Å²) < 4.78 is 32.3. The minimum Gasteiger partial charge on any atom is -0.483 e.